The number of carbonyl (C=O) groups excluding carboxylic acids is 3. The van der Waals surface area contributed by atoms with Crippen molar-refractivity contribution >= 4 is 50.9 Å². The Morgan fingerprint density at radius 2 is 1.78 bits per heavy atom. The quantitative estimate of drug-likeness (QED) is 0.635. The number of hydrogen-bond donors (Lipinski definition) is 0. The van der Waals surface area contributed by atoms with Gasteiger partial charge in [-0.05, 0) is 37.3 Å². The number of rotatable bonds is 3. The molecule has 0 N–H and O–H groups in total. The molecule has 3 amide bonds. The smallest absolute Gasteiger partial charge is 0.268 e. The SMILES string of the molecule is CCn1c(=NC(=O)CN2C(=O)c3ccccc3C2=O)sc2cc(Cl)ccc21. The van der Waals surface area contributed by atoms with Crippen LogP contribution in [0.25, 0.3) is 10.2 Å². The van der Waals surface area contributed by atoms with Crippen molar-refractivity contribution in [2.75, 3.05) is 6.54 Å². The first-order chi connectivity index (χ1) is 13.0. The van der Waals surface area contributed by atoms with E-state index in [9.17, 15) is 14.4 Å². The van der Waals surface area contributed by atoms with Crippen molar-refractivity contribution in [1.82, 2.24) is 9.47 Å². The molecule has 136 valence electrons. The van der Waals surface area contributed by atoms with Gasteiger partial charge in [0.1, 0.15) is 6.54 Å². The average molecular weight is 400 g/mol. The van der Waals surface area contributed by atoms with Crippen LogP contribution in [0.15, 0.2) is 47.5 Å². The van der Waals surface area contributed by atoms with E-state index in [0.29, 0.717) is 27.5 Å². The third-order valence-corrected chi connectivity index (χ3v) is 5.63. The molecule has 0 radical (unpaired) electrons. The molecule has 3 aromatic rings. The van der Waals surface area contributed by atoms with E-state index < -0.39 is 17.7 Å². The Balaban J connectivity index is 1.66. The molecule has 0 unspecified atom stereocenters. The molecular formula is C19H14ClN3O3S. The van der Waals surface area contributed by atoms with E-state index in [1.807, 2.05) is 23.6 Å². The molecule has 27 heavy (non-hydrogen) atoms. The molecule has 0 bridgehead atoms. The molecule has 2 aromatic carbocycles. The summed E-state index contributed by atoms with van der Waals surface area (Å²) >= 11 is 7.38. The number of halogens is 1. The molecule has 0 fully saturated rings. The number of carbonyl (C=O) groups is 3. The Labute approximate surface area is 163 Å². The van der Waals surface area contributed by atoms with E-state index in [4.69, 9.17) is 11.6 Å². The van der Waals surface area contributed by atoms with E-state index in [2.05, 4.69) is 4.99 Å². The van der Waals surface area contributed by atoms with Crippen molar-refractivity contribution in [3.8, 4) is 0 Å². The Morgan fingerprint density at radius 3 is 2.41 bits per heavy atom. The van der Waals surface area contributed by atoms with Gasteiger partial charge in [0, 0.05) is 11.6 Å². The molecule has 0 saturated carbocycles. The largest absolute Gasteiger partial charge is 0.317 e. The maximum atomic E-state index is 12.5. The lowest BCUT2D eigenvalue weighted by Gasteiger charge is -2.10. The Hall–Kier alpha value is -2.77. The third kappa shape index (κ3) is 2.98. The minimum Gasteiger partial charge on any atom is -0.317 e. The zero-order valence-corrected chi connectivity index (χ0v) is 15.9. The van der Waals surface area contributed by atoms with E-state index in [-0.39, 0.29) is 6.54 Å². The summed E-state index contributed by atoms with van der Waals surface area (Å²) in [6.07, 6.45) is 0. The van der Waals surface area contributed by atoms with Crippen LogP contribution in [0.1, 0.15) is 27.6 Å². The summed E-state index contributed by atoms with van der Waals surface area (Å²) < 4.78 is 2.81. The summed E-state index contributed by atoms with van der Waals surface area (Å²) in [7, 11) is 0. The van der Waals surface area contributed by atoms with Gasteiger partial charge in [0.05, 0.1) is 21.3 Å². The number of hydrogen-bond acceptors (Lipinski definition) is 4. The van der Waals surface area contributed by atoms with Crippen LogP contribution in [0.2, 0.25) is 5.02 Å². The normalized spacial score (nSPS) is 14.3. The zero-order valence-electron chi connectivity index (χ0n) is 14.3. The molecule has 4 rings (SSSR count). The molecule has 1 aliphatic rings. The molecule has 0 atom stereocenters. The number of fused-ring (bicyclic) bond motifs is 2. The summed E-state index contributed by atoms with van der Waals surface area (Å²) in [5.74, 6) is -1.49. The topological polar surface area (TPSA) is 71.7 Å². The van der Waals surface area contributed by atoms with Gasteiger partial charge < -0.3 is 4.57 Å². The van der Waals surface area contributed by atoms with Crippen molar-refractivity contribution in [2.45, 2.75) is 13.5 Å². The van der Waals surface area contributed by atoms with Crippen molar-refractivity contribution in [3.63, 3.8) is 0 Å². The fraction of sp³-hybridized carbons (Fsp3) is 0.158. The molecule has 1 aromatic heterocycles. The molecule has 2 heterocycles. The summed E-state index contributed by atoms with van der Waals surface area (Å²) in [6, 6.07) is 12.0. The highest BCUT2D eigenvalue weighted by atomic mass is 35.5. The molecule has 1 aliphatic heterocycles. The third-order valence-electron chi connectivity index (χ3n) is 4.35. The maximum absolute atomic E-state index is 12.5. The fourth-order valence-electron chi connectivity index (χ4n) is 3.10. The summed E-state index contributed by atoms with van der Waals surface area (Å²) in [4.78, 5) is 42.9. The number of aromatic nitrogens is 1. The Kier molecular flexibility index (Phi) is 4.41. The van der Waals surface area contributed by atoms with E-state index in [1.54, 1.807) is 30.3 Å². The monoisotopic (exact) mass is 399 g/mol. The highest BCUT2D eigenvalue weighted by molar-refractivity contribution is 7.16. The van der Waals surface area contributed by atoms with Crippen molar-refractivity contribution < 1.29 is 14.4 Å². The standard InChI is InChI=1S/C19H14ClN3O3S/c1-2-22-14-8-7-11(20)9-15(14)27-19(22)21-16(24)10-23-17(25)12-5-3-4-6-13(12)18(23)26/h3-9H,2,10H2,1H3. The lowest BCUT2D eigenvalue weighted by atomic mass is 10.1. The Morgan fingerprint density at radius 1 is 1.11 bits per heavy atom. The average Bonchev–Trinajstić information content (AvgIpc) is 3.11. The van der Waals surface area contributed by atoms with Gasteiger partial charge in [0.25, 0.3) is 17.7 Å². The van der Waals surface area contributed by atoms with Crippen LogP contribution < -0.4 is 4.80 Å². The highest BCUT2D eigenvalue weighted by Crippen LogP contribution is 2.23. The summed E-state index contributed by atoms with van der Waals surface area (Å²) in [6.45, 7) is 2.19. The van der Waals surface area contributed by atoms with Crippen molar-refractivity contribution in [1.29, 1.82) is 0 Å². The molecule has 8 heteroatoms. The first-order valence-corrected chi connectivity index (χ1v) is 9.50. The van der Waals surface area contributed by atoms with Crippen LogP contribution in [-0.4, -0.2) is 33.7 Å². The number of nitrogens with zero attached hydrogens (tertiary/aromatic N) is 3. The van der Waals surface area contributed by atoms with Crippen molar-refractivity contribution in [2.24, 2.45) is 4.99 Å². The number of benzene rings is 2. The van der Waals surface area contributed by atoms with Crippen LogP contribution >= 0.6 is 22.9 Å². The van der Waals surface area contributed by atoms with Crippen LogP contribution in [0.4, 0.5) is 0 Å². The number of aryl methyl sites for hydroxylation is 1. The van der Waals surface area contributed by atoms with Gasteiger partial charge >= 0.3 is 0 Å². The second-order valence-electron chi connectivity index (χ2n) is 5.99. The van der Waals surface area contributed by atoms with Crippen LogP contribution in [-0.2, 0) is 11.3 Å². The molecule has 0 spiro atoms. The number of thiazole rings is 1. The number of imide groups is 1. The molecule has 0 aliphatic carbocycles. The van der Waals surface area contributed by atoms with Crippen LogP contribution in [0.5, 0.6) is 0 Å². The lowest BCUT2D eigenvalue weighted by molar-refractivity contribution is -0.118. The minimum atomic E-state index is -0.552. The van der Waals surface area contributed by atoms with Gasteiger partial charge in [-0.2, -0.15) is 4.99 Å². The fourth-order valence-corrected chi connectivity index (χ4v) is 4.49. The van der Waals surface area contributed by atoms with Crippen molar-refractivity contribution in [3.05, 3.63) is 63.4 Å². The van der Waals surface area contributed by atoms with Crippen LogP contribution in [0.3, 0.4) is 0 Å². The molecule has 6 nitrogen and oxygen atoms in total. The minimum absolute atomic E-state index is 0.315. The predicted molar refractivity (Wildman–Crippen MR) is 103 cm³/mol. The summed E-state index contributed by atoms with van der Waals surface area (Å²) in [5.41, 5.74) is 1.56. The van der Waals surface area contributed by atoms with Gasteiger partial charge in [-0.25, -0.2) is 0 Å². The van der Waals surface area contributed by atoms with E-state index in [0.717, 1.165) is 15.1 Å². The second-order valence-corrected chi connectivity index (χ2v) is 7.43. The Bertz CT molecular complexity index is 1140. The highest BCUT2D eigenvalue weighted by Gasteiger charge is 2.36. The first-order valence-electron chi connectivity index (χ1n) is 8.31. The first kappa shape index (κ1) is 17.6. The van der Waals surface area contributed by atoms with Crippen LogP contribution in [0, 0.1) is 0 Å². The second kappa shape index (κ2) is 6.75. The lowest BCUT2D eigenvalue weighted by Crippen LogP contribution is -2.35. The molecule has 0 saturated heterocycles. The molecular weight excluding hydrogens is 386 g/mol. The van der Waals surface area contributed by atoms with Gasteiger partial charge in [0.15, 0.2) is 4.80 Å². The van der Waals surface area contributed by atoms with E-state index in [1.165, 1.54) is 11.3 Å². The van der Waals surface area contributed by atoms with Gasteiger partial charge in [0.2, 0.25) is 0 Å². The van der Waals surface area contributed by atoms with Gasteiger partial charge in [-0.3, -0.25) is 19.3 Å². The maximum Gasteiger partial charge on any atom is 0.268 e. The predicted octanol–water partition coefficient (Wildman–Crippen LogP) is 3.10. The van der Waals surface area contributed by atoms with Gasteiger partial charge in [-0.15, -0.1) is 0 Å². The number of amides is 3. The zero-order chi connectivity index (χ0) is 19.1. The summed E-state index contributed by atoms with van der Waals surface area (Å²) in [5, 5.41) is 0.607. The van der Waals surface area contributed by atoms with Gasteiger partial charge in [-0.1, -0.05) is 35.1 Å². The van der Waals surface area contributed by atoms with E-state index >= 15 is 0 Å².